The lowest BCUT2D eigenvalue weighted by Gasteiger charge is -2.05. The monoisotopic (exact) mass is 367 g/mol. The molecule has 132 valence electrons. The minimum Gasteiger partial charge on any atom is -0.267 e. The molecule has 2 aliphatic rings. The van der Waals surface area contributed by atoms with Crippen molar-refractivity contribution < 1.29 is 12.7 Å². The molecule has 2 rings (SSSR count). The summed E-state index contributed by atoms with van der Waals surface area (Å²) in [6, 6.07) is 0. The highest BCUT2D eigenvalue weighted by atomic mass is 32.2. The normalized spacial score (nSPS) is 21.8. The van der Waals surface area contributed by atoms with E-state index in [-0.39, 0.29) is 5.75 Å². The highest BCUT2D eigenvalue weighted by Crippen LogP contribution is 2.32. The van der Waals surface area contributed by atoms with E-state index in [0.717, 1.165) is 24.2 Å². The molecule has 24 heavy (non-hydrogen) atoms. The molecule has 0 spiro atoms. The Balaban J connectivity index is 1.76. The van der Waals surface area contributed by atoms with Crippen LogP contribution in [0.5, 0.6) is 0 Å². The van der Waals surface area contributed by atoms with Gasteiger partial charge in [0.15, 0.2) is 0 Å². The van der Waals surface area contributed by atoms with Crippen molar-refractivity contribution in [2.24, 2.45) is 5.16 Å². The second-order valence-corrected chi connectivity index (χ2v) is 8.58. The van der Waals surface area contributed by atoms with Gasteiger partial charge in [-0.05, 0) is 30.6 Å². The predicted octanol–water partition coefficient (Wildman–Crippen LogP) is 5.08. The summed E-state index contributed by atoms with van der Waals surface area (Å²) >= 11 is 1.44. The summed E-state index contributed by atoms with van der Waals surface area (Å²) in [6.45, 7) is 2.16. The van der Waals surface area contributed by atoms with Gasteiger partial charge in [-0.3, -0.25) is 4.28 Å². The number of hydrogen-bond donors (Lipinski definition) is 0. The fourth-order valence-corrected chi connectivity index (χ4v) is 4.16. The van der Waals surface area contributed by atoms with Crippen molar-refractivity contribution in [3.8, 4) is 0 Å². The highest BCUT2D eigenvalue weighted by Gasteiger charge is 2.16. The minimum atomic E-state index is -3.58. The van der Waals surface area contributed by atoms with Crippen molar-refractivity contribution in [1.29, 1.82) is 0 Å². The average Bonchev–Trinajstić information content (AvgIpc) is 3.06. The SMILES string of the molecule is CCCCCCCCS(=O)(=O)ON=C1C=CC(=C2C=CC=CC2)S1. The number of allylic oxidation sites excluding steroid dienone is 6. The molecule has 1 aliphatic carbocycles. The summed E-state index contributed by atoms with van der Waals surface area (Å²) in [5, 5.41) is 4.37. The van der Waals surface area contributed by atoms with E-state index in [1.807, 2.05) is 18.2 Å². The van der Waals surface area contributed by atoms with Gasteiger partial charge in [-0.1, -0.05) is 80.2 Å². The molecule has 0 atom stereocenters. The number of thioether (sulfide) groups is 1. The third kappa shape index (κ3) is 6.69. The molecule has 0 fully saturated rings. The highest BCUT2D eigenvalue weighted by molar-refractivity contribution is 8.18. The molecule has 0 saturated heterocycles. The van der Waals surface area contributed by atoms with Crippen molar-refractivity contribution in [2.45, 2.75) is 51.9 Å². The van der Waals surface area contributed by atoms with Crippen LogP contribution in [0.1, 0.15) is 51.9 Å². The van der Waals surface area contributed by atoms with Gasteiger partial charge < -0.3 is 0 Å². The van der Waals surface area contributed by atoms with E-state index in [4.69, 9.17) is 4.28 Å². The second-order valence-electron chi connectivity index (χ2n) is 5.85. The van der Waals surface area contributed by atoms with Crippen LogP contribution in [-0.2, 0) is 14.4 Å². The lowest BCUT2D eigenvalue weighted by molar-refractivity contribution is 0.339. The van der Waals surface area contributed by atoms with E-state index in [1.54, 1.807) is 6.08 Å². The molecule has 0 radical (unpaired) electrons. The van der Waals surface area contributed by atoms with Crippen molar-refractivity contribution in [1.82, 2.24) is 0 Å². The van der Waals surface area contributed by atoms with Gasteiger partial charge in [-0.15, -0.1) is 0 Å². The Hall–Kier alpha value is -1.27. The summed E-state index contributed by atoms with van der Waals surface area (Å²) in [6.07, 6.45) is 19.0. The van der Waals surface area contributed by atoms with Gasteiger partial charge in [0, 0.05) is 4.91 Å². The maximum absolute atomic E-state index is 11.9. The van der Waals surface area contributed by atoms with Gasteiger partial charge in [-0.2, -0.15) is 8.42 Å². The fourth-order valence-electron chi connectivity index (χ4n) is 2.44. The Morgan fingerprint density at radius 1 is 1.08 bits per heavy atom. The molecule has 0 aromatic heterocycles. The van der Waals surface area contributed by atoms with Crippen LogP contribution in [-0.4, -0.2) is 19.2 Å². The molecule has 4 nitrogen and oxygen atoms in total. The van der Waals surface area contributed by atoms with Crippen LogP contribution in [0.2, 0.25) is 0 Å². The van der Waals surface area contributed by atoms with Gasteiger partial charge in [0.2, 0.25) is 0 Å². The van der Waals surface area contributed by atoms with Crippen LogP contribution in [0, 0.1) is 0 Å². The molecule has 6 heteroatoms. The molecule has 0 unspecified atom stereocenters. The lowest BCUT2D eigenvalue weighted by Crippen LogP contribution is -2.08. The average molecular weight is 368 g/mol. The molecule has 0 bridgehead atoms. The number of rotatable bonds is 9. The summed E-state index contributed by atoms with van der Waals surface area (Å²) in [4.78, 5) is 1.09. The second kappa shape index (κ2) is 9.89. The van der Waals surface area contributed by atoms with Gasteiger partial charge in [-0.25, -0.2) is 0 Å². The fraction of sp³-hybridized carbons (Fsp3) is 0.500. The maximum atomic E-state index is 11.9. The van der Waals surface area contributed by atoms with E-state index < -0.39 is 10.1 Å². The quantitative estimate of drug-likeness (QED) is 0.421. The van der Waals surface area contributed by atoms with E-state index >= 15 is 0 Å². The van der Waals surface area contributed by atoms with Crippen molar-refractivity contribution in [3.05, 3.63) is 46.9 Å². The number of nitrogens with zero attached hydrogens (tertiary/aromatic N) is 1. The van der Waals surface area contributed by atoms with Crippen LogP contribution in [0.3, 0.4) is 0 Å². The standard InChI is InChI=1S/C18H25NO3S2/c1-2-3-4-5-6-10-15-24(20,21)22-19-18-14-13-17(23-18)16-11-8-7-9-12-16/h7-9,11,13-14H,2-6,10,12,15H2,1H3. The molecule has 0 amide bonds. The van der Waals surface area contributed by atoms with E-state index in [9.17, 15) is 8.42 Å². The third-order valence-corrected chi connectivity index (χ3v) is 5.91. The van der Waals surface area contributed by atoms with Gasteiger partial charge in [0.25, 0.3) is 0 Å². The molecular formula is C18H25NO3S2. The summed E-state index contributed by atoms with van der Waals surface area (Å²) in [5.74, 6) is 0.0335. The van der Waals surface area contributed by atoms with Crippen molar-refractivity contribution >= 4 is 26.9 Å². The zero-order valence-electron chi connectivity index (χ0n) is 14.1. The van der Waals surface area contributed by atoms with E-state index in [0.29, 0.717) is 11.5 Å². The van der Waals surface area contributed by atoms with Gasteiger partial charge in [0.1, 0.15) is 5.04 Å². The Kier molecular flexibility index (Phi) is 7.85. The van der Waals surface area contributed by atoms with E-state index in [1.165, 1.54) is 36.6 Å². The summed E-state index contributed by atoms with van der Waals surface area (Å²) in [5.41, 5.74) is 1.21. The van der Waals surface area contributed by atoms with Crippen LogP contribution in [0.4, 0.5) is 0 Å². The zero-order chi connectivity index (χ0) is 17.3. The molecule has 0 aromatic rings. The molecule has 1 heterocycles. The maximum Gasteiger partial charge on any atom is 0.328 e. The first-order chi connectivity index (χ1) is 11.6. The van der Waals surface area contributed by atoms with Crippen LogP contribution >= 0.6 is 11.8 Å². The molecule has 1 aliphatic heterocycles. The predicted molar refractivity (Wildman–Crippen MR) is 102 cm³/mol. The summed E-state index contributed by atoms with van der Waals surface area (Å²) in [7, 11) is -3.58. The first-order valence-electron chi connectivity index (χ1n) is 8.52. The molecule has 0 N–H and O–H groups in total. The minimum absolute atomic E-state index is 0.0335. The van der Waals surface area contributed by atoms with Crippen molar-refractivity contribution in [2.75, 3.05) is 5.75 Å². The Labute approximate surface area is 149 Å². The third-order valence-electron chi connectivity index (χ3n) is 3.78. The molecule has 0 aromatic carbocycles. The number of oxime groups is 1. The first-order valence-corrected chi connectivity index (χ1v) is 10.9. The van der Waals surface area contributed by atoms with Crippen LogP contribution in [0.15, 0.2) is 52.1 Å². The number of unbranched alkanes of at least 4 members (excludes halogenated alkanes) is 5. The number of hydrogen-bond acceptors (Lipinski definition) is 5. The molecular weight excluding hydrogens is 342 g/mol. The van der Waals surface area contributed by atoms with E-state index in [2.05, 4.69) is 24.2 Å². The Morgan fingerprint density at radius 3 is 2.62 bits per heavy atom. The van der Waals surface area contributed by atoms with Gasteiger partial charge in [0.05, 0.1) is 5.75 Å². The largest absolute Gasteiger partial charge is 0.328 e. The first kappa shape index (κ1) is 19.1. The smallest absolute Gasteiger partial charge is 0.267 e. The topological polar surface area (TPSA) is 55.7 Å². The molecule has 0 saturated carbocycles. The Morgan fingerprint density at radius 2 is 1.88 bits per heavy atom. The van der Waals surface area contributed by atoms with Gasteiger partial charge >= 0.3 is 10.1 Å². The van der Waals surface area contributed by atoms with Crippen LogP contribution in [0.25, 0.3) is 0 Å². The van der Waals surface area contributed by atoms with Crippen LogP contribution < -0.4 is 0 Å². The Bertz CT molecular complexity index is 670. The summed E-state index contributed by atoms with van der Waals surface area (Å²) < 4.78 is 28.5. The zero-order valence-corrected chi connectivity index (χ0v) is 15.7. The van der Waals surface area contributed by atoms with Crippen molar-refractivity contribution in [3.63, 3.8) is 0 Å². The lowest BCUT2D eigenvalue weighted by atomic mass is 10.1.